The molecule has 6 atom stereocenters. The Balaban J connectivity index is 1.48. The third-order valence-electron chi connectivity index (χ3n) is 7.28. The minimum atomic E-state index is -0.538. The number of carbonyl (C=O) groups excluding carboxylic acids is 1. The normalized spacial score (nSPS) is 30.4. The zero-order chi connectivity index (χ0) is 22.7. The van der Waals surface area contributed by atoms with Crippen LogP contribution in [-0.4, -0.2) is 42.3 Å². The number of hydrogen-bond donors (Lipinski definition) is 1. The number of benzene rings is 1. The van der Waals surface area contributed by atoms with Crippen LogP contribution < -0.4 is 0 Å². The molecule has 3 fully saturated rings. The largest absolute Gasteiger partial charge is 0.458 e. The summed E-state index contributed by atoms with van der Waals surface area (Å²) in [5, 5.41) is 10.7. The Hall–Kier alpha value is -1.95. The number of allylic oxidation sites excluding steroid dienone is 2. The summed E-state index contributed by atoms with van der Waals surface area (Å²) in [6.07, 6.45) is 8.71. The van der Waals surface area contributed by atoms with Crippen LogP contribution >= 0.6 is 0 Å². The second kappa shape index (κ2) is 9.90. The molecule has 1 unspecified atom stereocenters. The second-order valence-electron chi connectivity index (χ2n) is 9.93. The molecule has 1 aliphatic heterocycles. The highest BCUT2D eigenvalue weighted by atomic mass is 16.7. The Morgan fingerprint density at radius 1 is 1.22 bits per heavy atom. The lowest BCUT2D eigenvalue weighted by Crippen LogP contribution is -2.31. The molecule has 1 aromatic rings. The summed E-state index contributed by atoms with van der Waals surface area (Å²) in [5.41, 5.74) is 1.83. The topological polar surface area (TPSA) is 65.0 Å². The first-order valence-corrected chi connectivity index (χ1v) is 11.9. The molecule has 1 aromatic carbocycles. The summed E-state index contributed by atoms with van der Waals surface area (Å²) < 4.78 is 18.0. The van der Waals surface area contributed by atoms with Crippen molar-refractivity contribution in [3.8, 4) is 0 Å². The number of rotatable bonds is 7. The van der Waals surface area contributed by atoms with Crippen LogP contribution in [0.25, 0.3) is 0 Å². The van der Waals surface area contributed by atoms with Crippen LogP contribution in [0.5, 0.6) is 0 Å². The summed E-state index contributed by atoms with van der Waals surface area (Å²) in [7, 11) is 0. The van der Waals surface area contributed by atoms with E-state index >= 15 is 0 Å². The van der Waals surface area contributed by atoms with Gasteiger partial charge in [0.2, 0.25) is 0 Å². The molecule has 3 aliphatic rings. The van der Waals surface area contributed by atoms with Crippen LogP contribution in [0.15, 0.2) is 54.1 Å². The standard InChI is InChI=1S/C27H36O5/c1-18(2)9-10-19(3)24(28)12-11-22-23-17-27(30-13-14-31-27)16-21(23)15-25(22)32-26(29)20-7-5-4-6-8-20/h4-9,11-12,19,21-25,28H,10,13-17H2,1-3H3/b12-11+/t19?,21-,22-,23+,24-,25-/m1/s1. The average molecular weight is 441 g/mol. The van der Waals surface area contributed by atoms with E-state index in [1.165, 1.54) is 5.57 Å². The van der Waals surface area contributed by atoms with Gasteiger partial charge in [-0.2, -0.15) is 0 Å². The highest BCUT2D eigenvalue weighted by Crippen LogP contribution is 2.55. The lowest BCUT2D eigenvalue weighted by atomic mass is 9.89. The number of carbonyl (C=O) groups is 1. The first kappa shape index (κ1) is 23.2. The smallest absolute Gasteiger partial charge is 0.338 e. The van der Waals surface area contributed by atoms with Crippen molar-refractivity contribution < 1.29 is 24.1 Å². The summed E-state index contributed by atoms with van der Waals surface area (Å²) in [5.74, 6) is 0.125. The highest BCUT2D eigenvalue weighted by molar-refractivity contribution is 5.89. The molecular weight excluding hydrogens is 404 g/mol. The van der Waals surface area contributed by atoms with E-state index in [1.54, 1.807) is 12.1 Å². The third kappa shape index (κ3) is 5.16. The van der Waals surface area contributed by atoms with E-state index in [0.717, 1.165) is 25.7 Å². The molecule has 1 heterocycles. The maximum absolute atomic E-state index is 12.8. The van der Waals surface area contributed by atoms with Crippen molar-refractivity contribution in [1.29, 1.82) is 0 Å². The molecule has 1 N–H and O–H groups in total. The van der Waals surface area contributed by atoms with Gasteiger partial charge in [0.25, 0.3) is 0 Å². The monoisotopic (exact) mass is 440 g/mol. The number of fused-ring (bicyclic) bond motifs is 1. The lowest BCUT2D eigenvalue weighted by Gasteiger charge is -2.27. The van der Waals surface area contributed by atoms with Crippen LogP contribution in [0.4, 0.5) is 0 Å². The minimum Gasteiger partial charge on any atom is -0.458 e. The van der Waals surface area contributed by atoms with Crippen molar-refractivity contribution in [3.63, 3.8) is 0 Å². The molecule has 1 saturated heterocycles. The predicted molar refractivity (Wildman–Crippen MR) is 123 cm³/mol. The molecule has 4 rings (SSSR count). The zero-order valence-electron chi connectivity index (χ0n) is 19.4. The average Bonchev–Trinajstić information content (AvgIpc) is 3.46. The maximum atomic E-state index is 12.8. The van der Waals surface area contributed by atoms with Crippen LogP contribution in [0.3, 0.4) is 0 Å². The Morgan fingerprint density at radius 2 is 1.94 bits per heavy atom. The fourth-order valence-corrected chi connectivity index (χ4v) is 5.50. The number of aliphatic hydroxyl groups excluding tert-OH is 1. The molecule has 0 bridgehead atoms. The fraction of sp³-hybridized carbons (Fsp3) is 0.593. The van der Waals surface area contributed by atoms with Gasteiger partial charge in [0.1, 0.15) is 6.10 Å². The maximum Gasteiger partial charge on any atom is 0.338 e. The van der Waals surface area contributed by atoms with E-state index in [4.69, 9.17) is 14.2 Å². The van der Waals surface area contributed by atoms with Gasteiger partial charge in [0, 0.05) is 18.8 Å². The van der Waals surface area contributed by atoms with E-state index in [9.17, 15) is 9.90 Å². The Labute approximate surface area is 191 Å². The zero-order valence-corrected chi connectivity index (χ0v) is 19.4. The van der Waals surface area contributed by atoms with Gasteiger partial charge in [-0.05, 0) is 56.6 Å². The summed E-state index contributed by atoms with van der Waals surface area (Å²) in [6, 6.07) is 9.15. The fourth-order valence-electron chi connectivity index (χ4n) is 5.50. The van der Waals surface area contributed by atoms with Gasteiger partial charge < -0.3 is 19.3 Å². The number of esters is 1. The molecular formula is C27H36O5. The molecule has 0 amide bonds. The van der Waals surface area contributed by atoms with Gasteiger partial charge in [-0.15, -0.1) is 0 Å². The molecule has 2 saturated carbocycles. The molecule has 5 heteroatoms. The van der Waals surface area contributed by atoms with Crippen molar-refractivity contribution in [3.05, 3.63) is 59.7 Å². The van der Waals surface area contributed by atoms with Gasteiger partial charge in [0.05, 0.1) is 24.9 Å². The van der Waals surface area contributed by atoms with Gasteiger partial charge >= 0.3 is 5.97 Å². The number of hydrogen-bond acceptors (Lipinski definition) is 5. The molecule has 32 heavy (non-hydrogen) atoms. The van der Waals surface area contributed by atoms with E-state index in [0.29, 0.717) is 30.6 Å². The van der Waals surface area contributed by atoms with Crippen molar-refractivity contribution in [2.45, 2.75) is 64.4 Å². The number of ether oxygens (including phenoxy) is 3. The van der Waals surface area contributed by atoms with E-state index in [2.05, 4.69) is 32.9 Å². The summed E-state index contributed by atoms with van der Waals surface area (Å²) in [4.78, 5) is 12.8. The first-order chi connectivity index (χ1) is 15.4. The van der Waals surface area contributed by atoms with Gasteiger partial charge in [-0.25, -0.2) is 4.79 Å². The van der Waals surface area contributed by atoms with Crippen LogP contribution in [0.1, 0.15) is 56.8 Å². The van der Waals surface area contributed by atoms with Gasteiger partial charge in [0.15, 0.2) is 5.79 Å². The Kier molecular flexibility index (Phi) is 7.18. The van der Waals surface area contributed by atoms with E-state index < -0.39 is 11.9 Å². The minimum absolute atomic E-state index is 0.0464. The molecule has 2 aliphatic carbocycles. The quantitative estimate of drug-likeness (QED) is 0.482. The third-order valence-corrected chi connectivity index (χ3v) is 7.28. The molecule has 174 valence electrons. The predicted octanol–water partition coefficient (Wildman–Crippen LogP) is 4.91. The Bertz CT molecular complexity index is 835. The van der Waals surface area contributed by atoms with E-state index in [1.807, 2.05) is 24.3 Å². The van der Waals surface area contributed by atoms with Gasteiger partial charge in [-0.3, -0.25) is 0 Å². The highest BCUT2D eigenvalue weighted by Gasteiger charge is 2.57. The SMILES string of the molecule is CC(C)=CCC(C)[C@H](O)/C=C/[C@@H]1[C@H]2CC3(C[C@H]2C[C@H]1OC(=O)c1ccccc1)OCCO3. The van der Waals surface area contributed by atoms with Crippen molar-refractivity contribution in [1.82, 2.24) is 0 Å². The van der Waals surface area contributed by atoms with Crippen LogP contribution in [0.2, 0.25) is 0 Å². The number of aliphatic hydroxyl groups is 1. The molecule has 0 radical (unpaired) electrons. The first-order valence-electron chi connectivity index (χ1n) is 11.9. The molecule has 1 spiro atoms. The van der Waals surface area contributed by atoms with Crippen molar-refractivity contribution in [2.75, 3.05) is 13.2 Å². The Morgan fingerprint density at radius 3 is 2.62 bits per heavy atom. The lowest BCUT2D eigenvalue weighted by molar-refractivity contribution is -0.157. The summed E-state index contributed by atoms with van der Waals surface area (Å²) >= 11 is 0. The second-order valence-corrected chi connectivity index (χ2v) is 9.93. The van der Waals surface area contributed by atoms with Crippen molar-refractivity contribution in [2.24, 2.45) is 23.7 Å². The molecule has 5 nitrogen and oxygen atoms in total. The van der Waals surface area contributed by atoms with Crippen LogP contribution in [-0.2, 0) is 14.2 Å². The molecule has 0 aromatic heterocycles. The van der Waals surface area contributed by atoms with Gasteiger partial charge in [-0.1, -0.05) is 48.9 Å². The van der Waals surface area contributed by atoms with Crippen molar-refractivity contribution >= 4 is 5.97 Å². The van der Waals surface area contributed by atoms with E-state index in [-0.39, 0.29) is 23.9 Å². The van der Waals surface area contributed by atoms with Crippen LogP contribution in [0, 0.1) is 23.7 Å². The summed E-state index contributed by atoms with van der Waals surface area (Å²) in [6.45, 7) is 7.49.